The molecule has 0 heterocycles. The summed E-state index contributed by atoms with van der Waals surface area (Å²) in [5.41, 5.74) is 11.9. The molecule has 0 unspecified atom stereocenters. The van der Waals surface area contributed by atoms with E-state index in [1.165, 1.54) is 45.0 Å². The fourth-order valence-electron chi connectivity index (χ4n) is 4.88. The third-order valence-corrected chi connectivity index (χ3v) is 6.79. The van der Waals surface area contributed by atoms with Crippen molar-refractivity contribution >= 4 is 34.1 Å². The minimum atomic E-state index is 1.13. The molecule has 5 aromatic carbocycles. The summed E-state index contributed by atoms with van der Waals surface area (Å²) >= 11 is 0. The average Bonchev–Trinajstić information content (AvgIpc) is 2.89. The Bertz CT molecular complexity index is 1300. The Labute approximate surface area is 215 Å². The molecule has 178 valence electrons. The smallest absolute Gasteiger partial charge is 0.0702 e. The first-order chi connectivity index (χ1) is 17.6. The third kappa shape index (κ3) is 4.38. The molecule has 2 nitrogen and oxygen atoms in total. The van der Waals surface area contributed by atoms with Crippen LogP contribution in [0.2, 0.25) is 0 Å². The van der Waals surface area contributed by atoms with Crippen molar-refractivity contribution in [3.05, 3.63) is 144 Å². The second-order valence-corrected chi connectivity index (χ2v) is 9.31. The van der Waals surface area contributed by atoms with E-state index in [2.05, 4.69) is 159 Å². The second kappa shape index (κ2) is 10.1. The van der Waals surface area contributed by atoms with E-state index < -0.39 is 0 Å². The van der Waals surface area contributed by atoms with Crippen LogP contribution in [0.5, 0.6) is 0 Å². The minimum absolute atomic E-state index is 1.13. The van der Waals surface area contributed by atoms with Crippen LogP contribution < -0.4 is 9.80 Å². The Kier molecular flexibility index (Phi) is 6.60. The molecule has 0 N–H and O–H groups in total. The summed E-state index contributed by atoms with van der Waals surface area (Å²) in [6.07, 6.45) is 0. The van der Waals surface area contributed by atoms with Gasteiger partial charge in [0.25, 0.3) is 0 Å². The molecule has 0 aliphatic heterocycles. The molecule has 0 spiro atoms. The van der Waals surface area contributed by atoms with Gasteiger partial charge in [0.15, 0.2) is 0 Å². The lowest BCUT2D eigenvalue weighted by Gasteiger charge is -2.35. The zero-order chi connectivity index (χ0) is 25.1. The van der Waals surface area contributed by atoms with Crippen LogP contribution in [0.3, 0.4) is 0 Å². The fourth-order valence-corrected chi connectivity index (χ4v) is 4.88. The molecule has 0 saturated heterocycles. The van der Waals surface area contributed by atoms with Gasteiger partial charge in [-0.15, -0.1) is 0 Å². The first-order valence-electron chi connectivity index (χ1n) is 12.5. The molecule has 0 aromatic heterocycles. The van der Waals surface area contributed by atoms with E-state index in [0.29, 0.717) is 0 Å². The third-order valence-electron chi connectivity index (χ3n) is 6.79. The number of nitrogens with zero attached hydrogens (tertiary/aromatic N) is 2. The van der Waals surface area contributed by atoms with Crippen LogP contribution in [0, 0.1) is 27.7 Å². The first kappa shape index (κ1) is 23.4. The van der Waals surface area contributed by atoms with E-state index in [1.807, 2.05) is 0 Å². The van der Waals surface area contributed by atoms with Gasteiger partial charge in [0.05, 0.1) is 11.4 Å². The van der Waals surface area contributed by atoms with Crippen molar-refractivity contribution in [3.63, 3.8) is 0 Å². The molecule has 36 heavy (non-hydrogen) atoms. The molecular formula is C34H32N2. The number of hydrogen-bond donors (Lipinski definition) is 0. The molecule has 0 atom stereocenters. The molecule has 2 heteroatoms. The van der Waals surface area contributed by atoms with Gasteiger partial charge < -0.3 is 9.80 Å². The molecule has 0 amide bonds. The van der Waals surface area contributed by atoms with Crippen LogP contribution in [0.25, 0.3) is 0 Å². The number of rotatable bonds is 6. The second-order valence-electron chi connectivity index (χ2n) is 9.31. The lowest BCUT2D eigenvalue weighted by atomic mass is 10.0. The molecule has 0 radical (unpaired) electrons. The standard InChI is InChI=1S/C34H32N2/c1-25-15-5-9-19-29(25)35(30-20-10-6-16-26(30)2)33-23-13-14-24-34(33)36(31-21-11-7-17-27(31)3)32-22-12-8-18-28(32)4/h5-24H,1-4H3. The summed E-state index contributed by atoms with van der Waals surface area (Å²) in [7, 11) is 0. The van der Waals surface area contributed by atoms with E-state index in [1.54, 1.807) is 0 Å². The highest BCUT2D eigenvalue weighted by Crippen LogP contribution is 2.47. The molecule has 0 aliphatic carbocycles. The van der Waals surface area contributed by atoms with Crippen molar-refractivity contribution in [1.29, 1.82) is 0 Å². The van der Waals surface area contributed by atoms with Crippen molar-refractivity contribution in [2.24, 2.45) is 0 Å². The van der Waals surface area contributed by atoms with Crippen LogP contribution in [-0.4, -0.2) is 0 Å². The van der Waals surface area contributed by atoms with Crippen LogP contribution in [0.4, 0.5) is 34.1 Å². The lowest BCUT2D eigenvalue weighted by molar-refractivity contribution is 1.18. The lowest BCUT2D eigenvalue weighted by Crippen LogP contribution is -2.19. The minimum Gasteiger partial charge on any atom is -0.308 e. The van der Waals surface area contributed by atoms with Gasteiger partial charge in [0.1, 0.15) is 0 Å². The van der Waals surface area contributed by atoms with Crippen LogP contribution >= 0.6 is 0 Å². The summed E-state index contributed by atoms with van der Waals surface area (Å²) in [4.78, 5) is 4.81. The number of benzene rings is 5. The largest absolute Gasteiger partial charge is 0.308 e. The van der Waals surface area contributed by atoms with Gasteiger partial charge in [-0.25, -0.2) is 0 Å². The Morgan fingerprint density at radius 2 is 0.472 bits per heavy atom. The van der Waals surface area contributed by atoms with Gasteiger partial charge in [-0.05, 0) is 86.3 Å². The van der Waals surface area contributed by atoms with E-state index in [4.69, 9.17) is 0 Å². The van der Waals surface area contributed by atoms with E-state index in [9.17, 15) is 0 Å². The Morgan fingerprint density at radius 3 is 0.694 bits per heavy atom. The maximum Gasteiger partial charge on any atom is 0.0702 e. The quantitative estimate of drug-likeness (QED) is 0.245. The molecule has 0 fully saturated rings. The summed E-state index contributed by atoms with van der Waals surface area (Å²) in [6, 6.07) is 43.2. The van der Waals surface area contributed by atoms with Gasteiger partial charge in [0, 0.05) is 22.7 Å². The predicted molar refractivity (Wildman–Crippen MR) is 155 cm³/mol. The molecule has 5 rings (SSSR count). The van der Waals surface area contributed by atoms with Gasteiger partial charge in [-0.1, -0.05) is 84.9 Å². The van der Waals surface area contributed by atoms with E-state index in [-0.39, 0.29) is 0 Å². The topological polar surface area (TPSA) is 6.48 Å². The monoisotopic (exact) mass is 468 g/mol. The summed E-state index contributed by atoms with van der Waals surface area (Å²) in [6.45, 7) is 8.74. The van der Waals surface area contributed by atoms with Crippen molar-refractivity contribution < 1.29 is 0 Å². The Balaban J connectivity index is 1.83. The average molecular weight is 469 g/mol. The van der Waals surface area contributed by atoms with Crippen LogP contribution in [-0.2, 0) is 0 Å². The van der Waals surface area contributed by atoms with Crippen molar-refractivity contribution in [3.8, 4) is 0 Å². The Morgan fingerprint density at radius 1 is 0.278 bits per heavy atom. The molecule has 0 aliphatic rings. The molecular weight excluding hydrogens is 436 g/mol. The summed E-state index contributed by atoms with van der Waals surface area (Å²) in [5.74, 6) is 0. The van der Waals surface area contributed by atoms with Gasteiger partial charge >= 0.3 is 0 Å². The number of para-hydroxylation sites is 6. The number of aryl methyl sites for hydroxylation is 4. The zero-order valence-electron chi connectivity index (χ0n) is 21.4. The van der Waals surface area contributed by atoms with Crippen molar-refractivity contribution in [1.82, 2.24) is 0 Å². The highest BCUT2D eigenvalue weighted by atomic mass is 15.2. The van der Waals surface area contributed by atoms with Crippen LogP contribution in [0.15, 0.2) is 121 Å². The zero-order valence-corrected chi connectivity index (χ0v) is 21.4. The fraction of sp³-hybridized carbons (Fsp3) is 0.118. The highest BCUT2D eigenvalue weighted by molar-refractivity contribution is 5.93. The van der Waals surface area contributed by atoms with Gasteiger partial charge in [-0.3, -0.25) is 0 Å². The maximum absolute atomic E-state index is 2.41. The van der Waals surface area contributed by atoms with Gasteiger partial charge in [-0.2, -0.15) is 0 Å². The first-order valence-corrected chi connectivity index (χ1v) is 12.5. The van der Waals surface area contributed by atoms with Crippen LogP contribution in [0.1, 0.15) is 22.3 Å². The molecule has 5 aromatic rings. The number of anilines is 6. The van der Waals surface area contributed by atoms with Crippen molar-refractivity contribution in [2.45, 2.75) is 27.7 Å². The van der Waals surface area contributed by atoms with E-state index >= 15 is 0 Å². The highest BCUT2D eigenvalue weighted by Gasteiger charge is 2.24. The maximum atomic E-state index is 2.41. The summed E-state index contributed by atoms with van der Waals surface area (Å²) in [5, 5.41) is 0. The Hall–Kier alpha value is -4.30. The summed E-state index contributed by atoms with van der Waals surface area (Å²) < 4.78 is 0. The molecule has 0 saturated carbocycles. The SMILES string of the molecule is Cc1ccccc1N(c1ccccc1C)c1ccccc1N(c1ccccc1C)c1ccccc1C. The van der Waals surface area contributed by atoms with Gasteiger partial charge in [0.2, 0.25) is 0 Å². The predicted octanol–water partition coefficient (Wildman–Crippen LogP) is 9.86. The molecule has 0 bridgehead atoms. The number of hydrogen-bond acceptors (Lipinski definition) is 2. The normalized spacial score (nSPS) is 10.8. The van der Waals surface area contributed by atoms with Crippen molar-refractivity contribution in [2.75, 3.05) is 9.80 Å². The van der Waals surface area contributed by atoms with E-state index in [0.717, 1.165) is 11.4 Å².